The summed E-state index contributed by atoms with van der Waals surface area (Å²) >= 11 is 0. The van der Waals surface area contributed by atoms with Crippen molar-refractivity contribution >= 4 is 5.91 Å². The van der Waals surface area contributed by atoms with E-state index < -0.39 is 0 Å². The predicted octanol–water partition coefficient (Wildman–Crippen LogP) is 2.01. The number of pyridine rings is 1. The first-order valence-corrected chi connectivity index (χ1v) is 7.79. The Balaban J connectivity index is 1.85. The van der Waals surface area contributed by atoms with Crippen molar-refractivity contribution in [3.05, 3.63) is 65.5 Å². The summed E-state index contributed by atoms with van der Waals surface area (Å²) in [6, 6.07) is 11.6. The van der Waals surface area contributed by atoms with Crippen molar-refractivity contribution in [1.29, 1.82) is 0 Å². The molecule has 5 nitrogen and oxygen atoms in total. The molecule has 1 atom stereocenters. The van der Waals surface area contributed by atoms with Crippen molar-refractivity contribution in [2.24, 2.45) is 0 Å². The van der Waals surface area contributed by atoms with Crippen molar-refractivity contribution < 1.29 is 9.53 Å². The Kier molecular flexibility index (Phi) is 5.00. The van der Waals surface area contributed by atoms with Crippen LogP contribution in [-0.4, -0.2) is 42.5 Å². The maximum absolute atomic E-state index is 13.0. The number of nitrogens with one attached hydrogen (secondary N) is 1. The summed E-state index contributed by atoms with van der Waals surface area (Å²) in [6.07, 6.45) is 3.58. The van der Waals surface area contributed by atoms with Crippen LogP contribution in [0.3, 0.4) is 0 Å². The minimum absolute atomic E-state index is 0.0102. The number of methoxy groups -OCH3 is 1. The monoisotopic (exact) mass is 311 g/mol. The van der Waals surface area contributed by atoms with Gasteiger partial charge in [-0.3, -0.25) is 9.78 Å². The molecule has 1 unspecified atom stereocenters. The van der Waals surface area contributed by atoms with Crippen molar-refractivity contribution in [3.8, 4) is 0 Å². The molecule has 0 spiro atoms. The van der Waals surface area contributed by atoms with Crippen molar-refractivity contribution in [1.82, 2.24) is 15.2 Å². The fourth-order valence-corrected chi connectivity index (χ4v) is 2.94. The first-order valence-electron chi connectivity index (χ1n) is 7.79. The van der Waals surface area contributed by atoms with Gasteiger partial charge in [0.25, 0.3) is 5.91 Å². The average Bonchev–Trinajstić information content (AvgIpc) is 2.62. The van der Waals surface area contributed by atoms with Crippen LogP contribution in [0.25, 0.3) is 0 Å². The third kappa shape index (κ3) is 3.57. The Bertz CT molecular complexity index is 660. The fraction of sp³-hybridized carbons (Fsp3) is 0.333. The topological polar surface area (TPSA) is 54.5 Å². The van der Waals surface area contributed by atoms with Crippen LogP contribution >= 0.6 is 0 Å². The van der Waals surface area contributed by atoms with Crippen LogP contribution in [0.1, 0.15) is 27.5 Å². The van der Waals surface area contributed by atoms with Crippen LogP contribution in [0.2, 0.25) is 0 Å². The Morgan fingerprint density at radius 3 is 3.09 bits per heavy atom. The number of carbonyl (C=O) groups is 1. The van der Waals surface area contributed by atoms with Crippen molar-refractivity contribution in [2.45, 2.75) is 12.6 Å². The molecule has 120 valence electrons. The molecular formula is C18H21N3O2. The summed E-state index contributed by atoms with van der Waals surface area (Å²) in [5.41, 5.74) is 2.77. The van der Waals surface area contributed by atoms with Gasteiger partial charge in [-0.2, -0.15) is 0 Å². The highest BCUT2D eigenvalue weighted by atomic mass is 16.5. The highest BCUT2D eigenvalue weighted by Crippen LogP contribution is 2.23. The molecule has 23 heavy (non-hydrogen) atoms. The lowest BCUT2D eigenvalue weighted by Crippen LogP contribution is -2.48. The highest BCUT2D eigenvalue weighted by Gasteiger charge is 2.28. The van der Waals surface area contributed by atoms with Gasteiger partial charge in [0, 0.05) is 44.7 Å². The maximum Gasteiger partial charge on any atom is 0.254 e. The molecule has 1 aromatic heterocycles. The highest BCUT2D eigenvalue weighted by molar-refractivity contribution is 5.94. The van der Waals surface area contributed by atoms with Crippen LogP contribution < -0.4 is 5.32 Å². The van der Waals surface area contributed by atoms with E-state index in [1.165, 1.54) is 0 Å². The second-order valence-electron chi connectivity index (χ2n) is 5.64. The molecule has 1 saturated heterocycles. The Morgan fingerprint density at radius 2 is 2.30 bits per heavy atom. The van der Waals surface area contributed by atoms with Gasteiger partial charge < -0.3 is 15.0 Å². The van der Waals surface area contributed by atoms with E-state index in [1.54, 1.807) is 13.3 Å². The summed E-state index contributed by atoms with van der Waals surface area (Å²) in [7, 11) is 1.66. The largest absolute Gasteiger partial charge is 0.380 e. The normalized spacial score (nSPS) is 18.0. The third-order valence-electron chi connectivity index (χ3n) is 4.06. The van der Waals surface area contributed by atoms with E-state index in [4.69, 9.17) is 4.74 Å². The molecule has 2 aromatic rings. The molecule has 0 aliphatic carbocycles. The molecule has 1 N–H and O–H groups in total. The van der Waals surface area contributed by atoms with E-state index >= 15 is 0 Å². The number of piperazine rings is 1. The van der Waals surface area contributed by atoms with E-state index in [0.717, 1.165) is 24.2 Å². The van der Waals surface area contributed by atoms with Gasteiger partial charge >= 0.3 is 0 Å². The molecule has 1 amide bonds. The number of hydrogen-bond acceptors (Lipinski definition) is 4. The maximum atomic E-state index is 13.0. The molecule has 0 saturated carbocycles. The van der Waals surface area contributed by atoms with Crippen LogP contribution in [0.4, 0.5) is 0 Å². The van der Waals surface area contributed by atoms with Gasteiger partial charge in [0.05, 0.1) is 12.6 Å². The summed E-state index contributed by atoms with van der Waals surface area (Å²) in [5.74, 6) is 0.0540. The minimum atomic E-state index is 0.0102. The lowest BCUT2D eigenvalue weighted by molar-refractivity contribution is 0.0633. The zero-order valence-corrected chi connectivity index (χ0v) is 13.2. The van der Waals surface area contributed by atoms with E-state index in [1.807, 2.05) is 47.5 Å². The van der Waals surface area contributed by atoms with Gasteiger partial charge in [-0.15, -0.1) is 0 Å². The summed E-state index contributed by atoms with van der Waals surface area (Å²) in [5, 5.41) is 3.36. The number of amides is 1. The average molecular weight is 311 g/mol. The molecule has 0 radical (unpaired) electrons. The van der Waals surface area contributed by atoms with Crippen LogP contribution in [0, 0.1) is 0 Å². The third-order valence-corrected chi connectivity index (χ3v) is 4.06. The molecule has 5 heteroatoms. The number of nitrogens with zero attached hydrogens (tertiary/aromatic N) is 2. The number of carbonyl (C=O) groups excluding carboxylic acids is 1. The molecule has 3 rings (SSSR count). The van der Waals surface area contributed by atoms with E-state index in [2.05, 4.69) is 10.3 Å². The molecule has 2 heterocycles. The molecular weight excluding hydrogens is 290 g/mol. The second kappa shape index (κ2) is 7.35. The second-order valence-corrected chi connectivity index (χ2v) is 5.64. The molecule has 1 aromatic carbocycles. The van der Waals surface area contributed by atoms with Crippen molar-refractivity contribution in [2.75, 3.05) is 26.7 Å². The summed E-state index contributed by atoms with van der Waals surface area (Å²) in [6.45, 7) is 2.75. The van der Waals surface area contributed by atoms with E-state index in [9.17, 15) is 4.79 Å². The number of rotatable bonds is 4. The number of benzene rings is 1. The smallest absolute Gasteiger partial charge is 0.254 e. The molecule has 1 aliphatic rings. The van der Waals surface area contributed by atoms with Gasteiger partial charge in [-0.05, 0) is 29.3 Å². The predicted molar refractivity (Wildman–Crippen MR) is 88.0 cm³/mol. The van der Waals surface area contributed by atoms with Gasteiger partial charge in [-0.25, -0.2) is 0 Å². The molecule has 1 aliphatic heterocycles. The Labute approximate surface area is 136 Å². The van der Waals surface area contributed by atoms with E-state index in [-0.39, 0.29) is 11.9 Å². The Hall–Kier alpha value is -2.24. The van der Waals surface area contributed by atoms with Gasteiger partial charge in [0.1, 0.15) is 0 Å². The number of hydrogen-bond donors (Lipinski definition) is 1. The van der Waals surface area contributed by atoms with Gasteiger partial charge in [0.2, 0.25) is 0 Å². The fourth-order valence-electron chi connectivity index (χ4n) is 2.94. The standard InChI is InChI=1S/C18H21N3O2/c1-23-13-14-4-2-5-15(10-14)18(22)21-9-8-20-12-17(21)16-6-3-7-19-11-16/h2-7,10-11,17,20H,8-9,12-13H2,1H3. The van der Waals surface area contributed by atoms with Crippen LogP contribution in [0.15, 0.2) is 48.8 Å². The summed E-state index contributed by atoms with van der Waals surface area (Å²) in [4.78, 5) is 19.1. The van der Waals surface area contributed by atoms with E-state index in [0.29, 0.717) is 18.7 Å². The quantitative estimate of drug-likeness (QED) is 0.938. The van der Waals surface area contributed by atoms with Crippen LogP contribution in [0.5, 0.6) is 0 Å². The first-order chi connectivity index (χ1) is 11.3. The summed E-state index contributed by atoms with van der Waals surface area (Å²) < 4.78 is 5.16. The SMILES string of the molecule is COCc1cccc(C(=O)N2CCNCC2c2cccnc2)c1. The lowest BCUT2D eigenvalue weighted by Gasteiger charge is -2.36. The zero-order valence-electron chi connectivity index (χ0n) is 13.2. The van der Waals surface area contributed by atoms with Crippen molar-refractivity contribution in [3.63, 3.8) is 0 Å². The minimum Gasteiger partial charge on any atom is -0.380 e. The number of aromatic nitrogens is 1. The Morgan fingerprint density at radius 1 is 1.39 bits per heavy atom. The van der Waals surface area contributed by atoms with Gasteiger partial charge in [-0.1, -0.05) is 18.2 Å². The lowest BCUT2D eigenvalue weighted by atomic mass is 10.0. The first kappa shape index (κ1) is 15.6. The molecule has 1 fully saturated rings. The van der Waals surface area contributed by atoms with Crippen LogP contribution in [-0.2, 0) is 11.3 Å². The zero-order chi connectivity index (χ0) is 16.1. The number of ether oxygens (including phenoxy) is 1. The van der Waals surface area contributed by atoms with Gasteiger partial charge in [0.15, 0.2) is 0 Å². The molecule has 0 bridgehead atoms.